The van der Waals surface area contributed by atoms with Gasteiger partial charge >= 0.3 is 0 Å². The summed E-state index contributed by atoms with van der Waals surface area (Å²) in [6.45, 7) is 1.93. The summed E-state index contributed by atoms with van der Waals surface area (Å²) in [6.07, 6.45) is 2.07. The zero-order valence-corrected chi connectivity index (χ0v) is 17.3. The highest BCUT2D eigenvalue weighted by molar-refractivity contribution is 5.88. The summed E-state index contributed by atoms with van der Waals surface area (Å²) in [4.78, 5) is 19.9. The molecule has 0 amide bonds. The third-order valence-electron chi connectivity index (χ3n) is 5.25. The number of hydrogen-bond acceptors (Lipinski definition) is 4. The van der Waals surface area contributed by atoms with Crippen LogP contribution in [0.4, 0.5) is 8.78 Å². The summed E-state index contributed by atoms with van der Waals surface area (Å²) in [6, 6.07) is 10.3. The van der Waals surface area contributed by atoms with Crippen LogP contribution in [-0.2, 0) is 6.42 Å². The second kappa shape index (κ2) is 8.18. The molecule has 2 heterocycles. The van der Waals surface area contributed by atoms with E-state index in [9.17, 15) is 13.6 Å². The Kier molecular flexibility index (Phi) is 5.42. The second-order valence-electron chi connectivity index (χ2n) is 7.20. The van der Waals surface area contributed by atoms with Crippen molar-refractivity contribution in [1.29, 1.82) is 0 Å². The predicted molar refractivity (Wildman–Crippen MR) is 115 cm³/mol. The number of halogens is 2. The van der Waals surface area contributed by atoms with Crippen molar-refractivity contribution >= 4 is 10.8 Å². The van der Waals surface area contributed by atoms with Gasteiger partial charge in [0.05, 0.1) is 25.3 Å². The summed E-state index contributed by atoms with van der Waals surface area (Å²) >= 11 is 0. The van der Waals surface area contributed by atoms with Crippen LogP contribution in [0.25, 0.3) is 22.0 Å². The Bertz CT molecular complexity index is 1310. The van der Waals surface area contributed by atoms with E-state index in [1.165, 1.54) is 19.2 Å². The predicted octanol–water partition coefficient (Wildman–Crippen LogP) is 4.78. The molecule has 4 rings (SSSR count). The standard InChI is InChI=1S/C24H20F2N2O3/c1-13-18-10-22(30-2)23(31-3)11-19(18)24(29)28-21(13)6-14-4-5-20(27-12-14)15-7-16(25)9-17(26)8-15/h4-5,7-12H,6H2,1-3H3,(H,28,29). The summed E-state index contributed by atoms with van der Waals surface area (Å²) in [5.41, 5.74) is 3.10. The van der Waals surface area contributed by atoms with E-state index in [1.54, 1.807) is 31.5 Å². The number of aromatic amines is 1. The van der Waals surface area contributed by atoms with E-state index in [1.807, 2.05) is 13.0 Å². The molecule has 31 heavy (non-hydrogen) atoms. The van der Waals surface area contributed by atoms with Crippen molar-refractivity contribution in [2.75, 3.05) is 14.2 Å². The van der Waals surface area contributed by atoms with Crippen LogP contribution in [0.2, 0.25) is 0 Å². The maximum atomic E-state index is 13.5. The molecule has 7 heteroatoms. The van der Waals surface area contributed by atoms with Crippen LogP contribution in [0.5, 0.6) is 11.5 Å². The minimum atomic E-state index is -0.655. The van der Waals surface area contributed by atoms with E-state index in [-0.39, 0.29) is 5.56 Å². The normalized spacial score (nSPS) is 11.0. The van der Waals surface area contributed by atoms with Gasteiger partial charge in [0.2, 0.25) is 0 Å². The lowest BCUT2D eigenvalue weighted by molar-refractivity contribution is 0.356. The second-order valence-corrected chi connectivity index (χ2v) is 7.20. The van der Waals surface area contributed by atoms with Gasteiger partial charge in [-0.25, -0.2) is 8.78 Å². The monoisotopic (exact) mass is 422 g/mol. The van der Waals surface area contributed by atoms with E-state index in [0.29, 0.717) is 34.6 Å². The molecule has 0 aliphatic heterocycles. The first-order valence-corrected chi connectivity index (χ1v) is 9.58. The fraction of sp³-hybridized carbons (Fsp3) is 0.167. The fourth-order valence-electron chi connectivity index (χ4n) is 3.62. The van der Waals surface area contributed by atoms with Gasteiger partial charge in [-0.1, -0.05) is 6.07 Å². The van der Waals surface area contributed by atoms with Crippen molar-refractivity contribution in [2.24, 2.45) is 0 Å². The molecule has 0 unspecified atom stereocenters. The van der Waals surface area contributed by atoms with Gasteiger partial charge in [0.1, 0.15) is 11.6 Å². The first kappa shape index (κ1) is 20.5. The van der Waals surface area contributed by atoms with E-state index >= 15 is 0 Å². The van der Waals surface area contributed by atoms with Crippen molar-refractivity contribution in [3.63, 3.8) is 0 Å². The Morgan fingerprint density at radius 1 is 0.935 bits per heavy atom. The average molecular weight is 422 g/mol. The Morgan fingerprint density at radius 3 is 2.16 bits per heavy atom. The lowest BCUT2D eigenvalue weighted by Crippen LogP contribution is -2.12. The summed E-state index contributed by atoms with van der Waals surface area (Å²) in [5, 5.41) is 1.29. The zero-order chi connectivity index (χ0) is 22.1. The number of aromatic nitrogens is 2. The van der Waals surface area contributed by atoms with Crippen LogP contribution in [0.3, 0.4) is 0 Å². The number of nitrogens with one attached hydrogen (secondary N) is 1. The van der Waals surface area contributed by atoms with E-state index < -0.39 is 11.6 Å². The maximum absolute atomic E-state index is 13.5. The first-order valence-electron chi connectivity index (χ1n) is 9.58. The molecule has 0 atom stereocenters. The third-order valence-corrected chi connectivity index (χ3v) is 5.25. The van der Waals surface area contributed by atoms with Gasteiger partial charge in [-0.05, 0) is 53.8 Å². The minimum absolute atomic E-state index is 0.226. The molecule has 0 fully saturated rings. The Hall–Kier alpha value is -3.74. The number of nitrogens with zero attached hydrogens (tertiary/aromatic N) is 1. The highest BCUT2D eigenvalue weighted by atomic mass is 19.1. The number of pyridine rings is 2. The highest BCUT2D eigenvalue weighted by Crippen LogP contribution is 2.33. The molecule has 0 radical (unpaired) electrons. The number of H-pyrrole nitrogens is 1. The number of benzene rings is 2. The molecule has 0 saturated heterocycles. The molecular formula is C24H20F2N2O3. The molecule has 0 saturated carbocycles. The number of hydrogen-bond donors (Lipinski definition) is 1. The highest BCUT2D eigenvalue weighted by Gasteiger charge is 2.14. The lowest BCUT2D eigenvalue weighted by Gasteiger charge is -2.13. The molecule has 2 aromatic heterocycles. The van der Waals surface area contributed by atoms with Crippen LogP contribution < -0.4 is 15.0 Å². The van der Waals surface area contributed by atoms with Gasteiger partial charge in [-0.2, -0.15) is 0 Å². The molecule has 0 spiro atoms. The van der Waals surface area contributed by atoms with Crippen molar-refractivity contribution in [3.05, 3.63) is 87.5 Å². The molecule has 2 aromatic carbocycles. The van der Waals surface area contributed by atoms with Crippen LogP contribution in [0.1, 0.15) is 16.8 Å². The van der Waals surface area contributed by atoms with Gasteiger partial charge < -0.3 is 14.5 Å². The van der Waals surface area contributed by atoms with E-state index in [0.717, 1.165) is 28.3 Å². The van der Waals surface area contributed by atoms with Crippen molar-refractivity contribution in [1.82, 2.24) is 9.97 Å². The SMILES string of the molecule is COc1cc2c(C)c(Cc3ccc(-c4cc(F)cc(F)c4)nc3)[nH]c(=O)c2cc1OC. The van der Waals surface area contributed by atoms with Gasteiger partial charge in [0.25, 0.3) is 5.56 Å². The first-order chi connectivity index (χ1) is 14.9. The third kappa shape index (κ3) is 3.99. The smallest absolute Gasteiger partial charge is 0.256 e. The lowest BCUT2D eigenvalue weighted by atomic mass is 10.0. The van der Waals surface area contributed by atoms with Crippen molar-refractivity contribution in [2.45, 2.75) is 13.3 Å². The molecule has 158 valence electrons. The fourth-order valence-corrected chi connectivity index (χ4v) is 3.62. The Labute approximate surface area is 177 Å². The largest absolute Gasteiger partial charge is 0.493 e. The van der Waals surface area contributed by atoms with Gasteiger partial charge in [0, 0.05) is 29.9 Å². The molecule has 0 aliphatic rings. The number of ether oxygens (including phenoxy) is 2. The molecule has 0 bridgehead atoms. The van der Waals surface area contributed by atoms with Gasteiger partial charge in [-0.15, -0.1) is 0 Å². The molecular weight excluding hydrogens is 402 g/mol. The topological polar surface area (TPSA) is 64.2 Å². The number of methoxy groups -OCH3 is 2. The minimum Gasteiger partial charge on any atom is -0.493 e. The van der Waals surface area contributed by atoms with Crippen molar-refractivity contribution in [3.8, 4) is 22.8 Å². The van der Waals surface area contributed by atoms with Crippen LogP contribution >= 0.6 is 0 Å². The van der Waals surface area contributed by atoms with Gasteiger partial charge in [0.15, 0.2) is 11.5 Å². The summed E-state index contributed by atoms with van der Waals surface area (Å²) < 4.78 is 37.6. The summed E-state index contributed by atoms with van der Waals surface area (Å²) in [7, 11) is 3.07. The Balaban J connectivity index is 1.70. The Morgan fingerprint density at radius 2 is 1.58 bits per heavy atom. The van der Waals surface area contributed by atoms with Gasteiger partial charge in [-0.3, -0.25) is 9.78 Å². The average Bonchev–Trinajstić information content (AvgIpc) is 2.76. The molecule has 1 N–H and O–H groups in total. The zero-order valence-electron chi connectivity index (χ0n) is 17.3. The molecule has 5 nitrogen and oxygen atoms in total. The van der Waals surface area contributed by atoms with E-state index in [4.69, 9.17) is 9.47 Å². The summed E-state index contributed by atoms with van der Waals surface area (Å²) in [5.74, 6) is -0.279. The van der Waals surface area contributed by atoms with E-state index in [2.05, 4.69) is 9.97 Å². The van der Waals surface area contributed by atoms with Crippen LogP contribution in [0, 0.1) is 18.6 Å². The van der Waals surface area contributed by atoms with Crippen LogP contribution in [-0.4, -0.2) is 24.2 Å². The quantitative estimate of drug-likeness (QED) is 0.503. The number of rotatable bonds is 5. The molecule has 4 aromatic rings. The maximum Gasteiger partial charge on any atom is 0.256 e. The number of fused-ring (bicyclic) bond motifs is 1. The van der Waals surface area contributed by atoms with Crippen molar-refractivity contribution < 1.29 is 18.3 Å². The number of aryl methyl sites for hydroxylation is 1. The van der Waals surface area contributed by atoms with Crippen LogP contribution in [0.15, 0.2) is 53.5 Å². The molecule has 0 aliphatic carbocycles.